The lowest BCUT2D eigenvalue weighted by Crippen LogP contribution is -2.41. The summed E-state index contributed by atoms with van der Waals surface area (Å²) in [5, 5.41) is 11.2. The van der Waals surface area contributed by atoms with Crippen molar-refractivity contribution in [2.24, 2.45) is 5.73 Å². The van der Waals surface area contributed by atoms with E-state index in [1.54, 1.807) is 5.06 Å². The van der Waals surface area contributed by atoms with Gasteiger partial charge in [0, 0.05) is 42.9 Å². The fourth-order valence-electron chi connectivity index (χ4n) is 6.26. The molecule has 2 aromatic heterocycles. The summed E-state index contributed by atoms with van der Waals surface area (Å²) in [5.74, 6) is 0.909. The topological polar surface area (TPSA) is 144 Å². The second-order valence-electron chi connectivity index (χ2n) is 11.8. The molecule has 3 heterocycles. The van der Waals surface area contributed by atoms with Crippen molar-refractivity contribution >= 4 is 34.7 Å². The van der Waals surface area contributed by atoms with Crippen LogP contribution in [0.1, 0.15) is 70.3 Å². The summed E-state index contributed by atoms with van der Waals surface area (Å²) in [6.45, 7) is 0.975. The van der Waals surface area contributed by atoms with E-state index in [0.29, 0.717) is 43.7 Å². The van der Waals surface area contributed by atoms with Crippen LogP contribution < -0.4 is 26.4 Å². The van der Waals surface area contributed by atoms with Crippen LogP contribution in [-0.4, -0.2) is 68.3 Å². The molecular weight excluding hydrogens is 579 g/mol. The number of anilines is 3. The van der Waals surface area contributed by atoms with Gasteiger partial charge in [0.25, 0.3) is 0 Å². The predicted molar refractivity (Wildman–Crippen MR) is 158 cm³/mol. The summed E-state index contributed by atoms with van der Waals surface area (Å²) in [6.07, 6.45) is 6.32. The second-order valence-corrected chi connectivity index (χ2v) is 11.8. The first-order valence-electron chi connectivity index (χ1n) is 15.3. The standard InChI is InChI=1S/C29H38F3N9O3/c30-29(31,32)43-23-11-9-20(10-12-23)37-28(42)44-40-15-13-21(14-16-40)35-25-24-26(41(17-34-24)22-3-1-2-4-22)39-27(38-25)36-19-7-5-18(33)6-8-19/h9-12,17-19,21-22H,1-8,13-16,33H2,(H,37,42)(H2,35,36,38,39)/t18-,19-. The van der Waals surface area contributed by atoms with Crippen molar-refractivity contribution in [3.8, 4) is 5.75 Å². The lowest BCUT2D eigenvalue weighted by molar-refractivity contribution is -0.274. The lowest BCUT2D eigenvalue weighted by atomic mass is 9.92. The van der Waals surface area contributed by atoms with Crippen molar-refractivity contribution in [2.45, 2.75) is 94.7 Å². The number of carbonyl (C=O) groups is 1. The van der Waals surface area contributed by atoms with Crippen molar-refractivity contribution in [1.29, 1.82) is 0 Å². The molecule has 5 N–H and O–H groups in total. The third-order valence-corrected chi connectivity index (χ3v) is 8.59. The van der Waals surface area contributed by atoms with Gasteiger partial charge in [-0.1, -0.05) is 12.8 Å². The molecule has 3 fully saturated rings. The zero-order chi connectivity index (χ0) is 30.7. The fraction of sp³-hybridized carbons (Fsp3) is 0.586. The average molecular weight is 618 g/mol. The number of piperidine rings is 1. The Hall–Kier alpha value is -3.85. The van der Waals surface area contributed by atoms with Crippen molar-refractivity contribution < 1.29 is 27.5 Å². The highest BCUT2D eigenvalue weighted by Gasteiger charge is 2.31. The van der Waals surface area contributed by atoms with Gasteiger partial charge in [0.1, 0.15) is 5.75 Å². The first-order valence-corrected chi connectivity index (χ1v) is 15.3. The van der Waals surface area contributed by atoms with E-state index in [0.717, 1.165) is 61.8 Å². The molecule has 44 heavy (non-hydrogen) atoms. The summed E-state index contributed by atoms with van der Waals surface area (Å²) >= 11 is 0. The number of hydrogen-bond acceptors (Lipinski definition) is 10. The Balaban J connectivity index is 1.07. The number of carbonyl (C=O) groups excluding carboxylic acids is 1. The molecule has 2 saturated carbocycles. The summed E-state index contributed by atoms with van der Waals surface area (Å²) in [6, 6.07) is 5.85. The number of fused-ring (bicyclic) bond motifs is 1. The van der Waals surface area contributed by atoms with Gasteiger partial charge in [0.15, 0.2) is 17.0 Å². The van der Waals surface area contributed by atoms with Gasteiger partial charge in [-0.2, -0.15) is 9.97 Å². The quantitative estimate of drug-likeness (QED) is 0.254. The van der Waals surface area contributed by atoms with Crippen LogP contribution in [0.5, 0.6) is 5.75 Å². The number of aromatic nitrogens is 4. The van der Waals surface area contributed by atoms with E-state index in [-0.39, 0.29) is 29.6 Å². The maximum atomic E-state index is 12.4. The van der Waals surface area contributed by atoms with E-state index in [2.05, 4.69) is 25.3 Å². The Labute approximate surface area is 252 Å². The van der Waals surface area contributed by atoms with Crippen molar-refractivity contribution in [3.05, 3.63) is 30.6 Å². The minimum atomic E-state index is -4.78. The first-order chi connectivity index (χ1) is 21.2. The van der Waals surface area contributed by atoms with E-state index < -0.39 is 12.5 Å². The summed E-state index contributed by atoms with van der Waals surface area (Å²) in [5.41, 5.74) is 7.98. The number of imidazole rings is 1. The maximum absolute atomic E-state index is 12.4. The Kier molecular flexibility index (Phi) is 8.93. The van der Waals surface area contributed by atoms with Crippen LogP contribution in [0.15, 0.2) is 30.6 Å². The molecule has 0 spiro atoms. The van der Waals surface area contributed by atoms with Crippen molar-refractivity contribution in [2.75, 3.05) is 29.0 Å². The van der Waals surface area contributed by atoms with Crippen LogP contribution in [0.4, 0.5) is 35.4 Å². The predicted octanol–water partition coefficient (Wildman–Crippen LogP) is 5.56. The number of nitrogens with one attached hydrogen (secondary N) is 3. The highest BCUT2D eigenvalue weighted by molar-refractivity contribution is 5.85. The molecule has 0 unspecified atom stereocenters. The van der Waals surface area contributed by atoms with E-state index in [4.69, 9.17) is 25.5 Å². The van der Waals surface area contributed by atoms with Gasteiger partial charge in [-0.25, -0.2) is 9.78 Å². The van der Waals surface area contributed by atoms with Crippen molar-refractivity contribution in [1.82, 2.24) is 24.6 Å². The maximum Gasteiger partial charge on any atom is 0.573 e. The minimum Gasteiger partial charge on any atom is -0.406 e. The number of benzene rings is 1. The molecule has 0 bridgehead atoms. The molecule has 12 nitrogen and oxygen atoms in total. The third kappa shape index (κ3) is 7.62. The SMILES string of the molecule is N[C@H]1CC[C@H](Nc2nc(NC3CCN(OC(=O)Nc4ccc(OC(F)(F)F)cc4)CC3)c3ncn(C4CCCC4)c3n2)CC1. The third-order valence-electron chi connectivity index (χ3n) is 8.59. The number of nitrogens with two attached hydrogens (primary N) is 1. The van der Waals surface area contributed by atoms with E-state index >= 15 is 0 Å². The largest absolute Gasteiger partial charge is 0.573 e. The van der Waals surface area contributed by atoms with Crippen LogP contribution in [-0.2, 0) is 4.84 Å². The van der Waals surface area contributed by atoms with Crippen LogP contribution >= 0.6 is 0 Å². The molecule has 3 aliphatic rings. The normalized spacial score (nSPS) is 22.2. The molecule has 3 aromatic rings. The van der Waals surface area contributed by atoms with Gasteiger partial charge in [-0.05, 0) is 75.6 Å². The van der Waals surface area contributed by atoms with Crippen LogP contribution in [0.3, 0.4) is 0 Å². The smallest absolute Gasteiger partial charge is 0.406 e. The molecule has 0 atom stereocenters. The summed E-state index contributed by atoms with van der Waals surface area (Å²) in [4.78, 5) is 32.3. The number of amides is 1. The average Bonchev–Trinajstić information content (AvgIpc) is 3.66. The fourth-order valence-corrected chi connectivity index (χ4v) is 6.26. The lowest BCUT2D eigenvalue weighted by Gasteiger charge is -2.31. The van der Waals surface area contributed by atoms with E-state index in [1.165, 1.54) is 25.0 Å². The van der Waals surface area contributed by atoms with Gasteiger partial charge in [-0.15, -0.1) is 18.2 Å². The number of halogens is 3. The molecular formula is C29H38F3N9O3. The highest BCUT2D eigenvalue weighted by Crippen LogP contribution is 2.34. The van der Waals surface area contributed by atoms with Gasteiger partial charge in [-0.3, -0.25) is 5.32 Å². The Morgan fingerprint density at radius 1 is 0.909 bits per heavy atom. The molecule has 0 radical (unpaired) electrons. The first kappa shape index (κ1) is 30.2. The van der Waals surface area contributed by atoms with Gasteiger partial charge in [0.05, 0.1) is 6.33 Å². The highest BCUT2D eigenvalue weighted by atomic mass is 19.4. The molecule has 1 aliphatic heterocycles. The number of alkyl halides is 3. The number of ether oxygens (including phenoxy) is 1. The Morgan fingerprint density at radius 3 is 2.27 bits per heavy atom. The van der Waals surface area contributed by atoms with Crippen LogP contribution in [0.25, 0.3) is 11.2 Å². The number of nitrogens with zero attached hydrogens (tertiary/aromatic N) is 5. The monoisotopic (exact) mass is 617 g/mol. The molecule has 1 saturated heterocycles. The number of hydrogen-bond donors (Lipinski definition) is 4. The molecule has 2 aliphatic carbocycles. The zero-order valence-electron chi connectivity index (χ0n) is 24.4. The molecule has 238 valence electrons. The van der Waals surface area contributed by atoms with Crippen LogP contribution in [0.2, 0.25) is 0 Å². The zero-order valence-corrected chi connectivity index (χ0v) is 24.4. The van der Waals surface area contributed by atoms with Gasteiger partial charge in [0.2, 0.25) is 5.95 Å². The van der Waals surface area contributed by atoms with E-state index in [9.17, 15) is 18.0 Å². The van der Waals surface area contributed by atoms with Gasteiger partial charge >= 0.3 is 12.5 Å². The van der Waals surface area contributed by atoms with Crippen molar-refractivity contribution in [3.63, 3.8) is 0 Å². The Morgan fingerprint density at radius 2 is 1.59 bits per heavy atom. The number of rotatable bonds is 8. The summed E-state index contributed by atoms with van der Waals surface area (Å²) in [7, 11) is 0. The molecule has 1 aromatic carbocycles. The minimum absolute atomic E-state index is 0.0781. The van der Waals surface area contributed by atoms with Gasteiger partial charge < -0.3 is 30.5 Å². The number of hydroxylamine groups is 2. The molecule has 15 heteroatoms. The summed E-state index contributed by atoms with van der Waals surface area (Å²) < 4.78 is 43.1. The molecule has 1 amide bonds. The van der Waals surface area contributed by atoms with Crippen LogP contribution in [0, 0.1) is 0 Å². The second kappa shape index (κ2) is 13.0. The molecule has 6 rings (SSSR count). The van der Waals surface area contributed by atoms with E-state index in [1.807, 2.05) is 6.33 Å². The Bertz CT molecular complexity index is 1410.